The molecule has 0 rings (SSSR count). The van der Waals surface area contributed by atoms with Gasteiger partial charge < -0.3 is 10.5 Å². The van der Waals surface area contributed by atoms with Gasteiger partial charge in [-0.25, -0.2) is 0 Å². The summed E-state index contributed by atoms with van der Waals surface area (Å²) >= 11 is 1.53. The molecule has 0 atom stereocenters. The lowest BCUT2D eigenvalue weighted by Crippen LogP contribution is -2.22. The summed E-state index contributed by atoms with van der Waals surface area (Å²) in [6, 6.07) is 0. The van der Waals surface area contributed by atoms with E-state index in [0.29, 0.717) is 13.2 Å². The van der Waals surface area contributed by atoms with Crippen molar-refractivity contribution in [2.45, 2.75) is 13.3 Å². The molecule has 3 N–H and O–H groups in total. The second kappa shape index (κ2) is 15.8. The van der Waals surface area contributed by atoms with E-state index in [1.807, 2.05) is 0 Å². The van der Waals surface area contributed by atoms with Gasteiger partial charge in [0.2, 0.25) is 0 Å². The van der Waals surface area contributed by atoms with Crippen LogP contribution < -0.4 is 10.5 Å². The highest BCUT2D eigenvalue weighted by Gasteiger charge is 1.99. The highest BCUT2D eigenvalue weighted by atomic mass is 35.5. The number of halogens is 2. The van der Waals surface area contributed by atoms with Crippen molar-refractivity contribution in [1.29, 1.82) is 0 Å². The first-order valence-corrected chi connectivity index (χ1v) is 5.00. The number of esters is 1. The lowest BCUT2D eigenvalue weighted by Gasteiger charge is -2.03. The van der Waals surface area contributed by atoms with E-state index < -0.39 is 0 Å². The zero-order valence-electron chi connectivity index (χ0n) is 8.15. The van der Waals surface area contributed by atoms with Crippen molar-refractivity contribution in [1.82, 2.24) is 4.72 Å². The van der Waals surface area contributed by atoms with E-state index in [1.54, 1.807) is 0 Å². The van der Waals surface area contributed by atoms with Crippen LogP contribution in [-0.2, 0) is 9.53 Å². The second-order valence-electron chi connectivity index (χ2n) is 2.18. The lowest BCUT2D eigenvalue weighted by atomic mass is 10.6. The van der Waals surface area contributed by atoms with E-state index in [1.165, 1.54) is 11.9 Å². The maximum absolute atomic E-state index is 10.8. The summed E-state index contributed by atoms with van der Waals surface area (Å²) in [6.07, 6.45) is 1.09. The summed E-state index contributed by atoms with van der Waals surface area (Å²) in [5.41, 5.74) is 5.15. The van der Waals surface area contributed by atoms with Gasteiger partial charge in [0.1, 0.15) is 13.2 Å². The molecular formula is C7H18Cl2N2O2S. The van der Waals surface area contributed by atoms with Crippen LogP contribution in [0.5, 0.6) is 0 Å². The Labute approximate surface area is 102 Å². The Morgan fingerprint density at radius 2 is 2.14 bits per heavy atom. The van der Waals surface area contributed by atoms with Crippen molar-refractivity contribution in [3.8, 4) is 0 Å². The quantitative estimate of drug-likeness (QED) is 0.408. The zero-order chi connectivity index (χ0) is 9.23. The highest BCUT2D eigenvalue weighted by molar-refractivity contribution is 7.97. The van der Waals surface area contributed by atoms with Gasteiger partial charge >= 0.3 is 5.97 Å². The van der Waals surface area contributed by atoms with Crippen LogP contribution in [0.1, 0.15) is 13.3 Å². The van der Waals surface area contributed by atoms with Crippen LogP contribution in [-0.4, -0.2) is 31.4 Å². The Morgan fingerprint density at radius 3 is 2.64 bits per heavy atom. The van der Waals surface area contributed by atoms with Gasteiger partial charge in [-0.15, -0.1) is 24.8 Å². The van der Waals surface area contributed by atoms with Crippen molar-refractivity contribution in [3.63, 3.8) is 0 Å². The fourth-order valence-electron chi connectivity index (χ4n) is 0.508. The molecule has 0 saturated carbocycles. The first-order chi connectivity index (χ1) is 5.81. The Morgan fingerprint density at radius 1 is 1.50 bits per heavy atom. The molecule has 0 aliphatic heterocycles. The Balaban J connectivity index is -0.000000605. The fraction of sp³-hybridized carbons (Fsp3) is 0.857. The van der Waals surface area contributed by atoms with Crippen molar-refractivity contribution < 1.29 is 9.53 Å². The number of carbonyl (C=O) groups excluding carboxylic acids is 1. The Kier molecular flexibility index (Phi) is 22.3. The van der Waals surface area contributed by atoms with Crippen LogP contribution in [0.3, 0.4) is 0 Å². The minimum atomic E-state index is -0.246. The number of nitrogens with two attached hydrogens (primary N) is 1. The summed E-state index contributed by atoms with van der Waals surface area (Å²) in [7, 11) is 0. The molecule has 4 nitrogen and oxygen atoms in total. The molecule has 0 unspecified atom stereocenters. The van der Waals surface area contributed by atoms with Crippen LogP contribution in [0.4, 0.5) is 0 Å². The van der Waals surface area contributed by atoms with Crippen molar-refractivity contribution >= 4 is 42.7 Å². The third-order valence-electron chi connectivity index (χ3n) is 1.01. The van der Waals surface area contributed by atoms with Gasteiger partial charge in [0.15, 0.2) is 0 Å². The fourth-order valence-corrected chi connectivity index (χ4v) is 1.08. The molecule has 0 amide bonds. The van der Waals surface area contributed by atoms with Gasteiger partial charge in [0, 0.05) is 12.3 Å². The van der Waals surface area contributed by atoms with E-state index in [4.69, 9.17) is 10.5 Å². The number of rotatable bonds is 7. The van der Waals surface area contributed by atoms with Crippen molar-refractivity contribution in [2.24, 2.45) is 5.73 Å². The predicted octanol–water partition coefficient (Wildman–Crippen LogP) is 0.980. The SMILES string of the molecule is CCCSNCC(=O)OCCN.Cl.Cl. The van der Waals surface area contributed by atoms with E-state index in [-0.39, 0.29) is 37.3 Å². The Bertz CT molecular complexity index is 130. The molecule has 88 valence electrons. The molecular weight excluding hydrogens is 247 g/mol. The van der Waals surface area contributed by atoms with Crippen molar-refractivity contribution in [2.75, 3.05) is 25.4 Å². The maximum Gasteiger partial charge on any atom is 0.320 e. The van der Waals surface area contributed by atoms with Gasteiger partial charge in [0.05, 0.1) is 0 Å². The predicted molar refractivity (Wildman–Crippen MR) is 65.3 cm³/mol. The van der Waals surface area contributed by atoms with Crippen molar-refractivity contribution in [3.05, 3.63) is 0 Å². The largest absolute Gasteiger partial charge is 0.463 e. The molecule has 0 aromatic rings. The average Bonchev–Trinajstić information content (AvgIpc) is 2.09. The third-order valence-corrected chi connectivity index (χ3v) is 1.97. The van der Waals surface area contributed by atoms with Crippen LogP contribution in [0, 0.1) is 0 Å². The number of ether oxygens (including phenoxy) is 1. The molecule has 0 bridgehead atoms. The highest BCUT2D eigenvalue weighted by Crippen LogP contribution is 1.94. The molecule has 0 spiro atoms. The van der Waals surface area contributed by atoms with Crippen LogP contribution in [0.25, 0.3) is 0 Å². The van der Waals surface area contributed by atoms with E-state index >= 15 is 0 Å². The minimum Gasteiger partial charge on any atom is -0.463 e. The molecule has 0 heterocycles. The van der Waals surface area contributed by atoms with Gasteiger partial charge in [-0.2, -0.15) is 0 Å². The normalized spacial score (nSPS) is 8.43. The van der Waals surface area contributed by atoms with Crippen LogP contribution in [0.2, 0.25) is 0 Å². The topological polar surface area (TPSA) is 64.3 Å². The summed E-state index contributed by atoms with van der Waals surface area (Å²) in [5.74, 6) is 0.758. The molecule has 0 aromatic carbocycles. The summed E-state index contributed by atoms with van der Waals surface area (Å²) in [4.78, 5) is 10.8. The molecule has 0 aliphatic carbocycles. The molecule has 0 radical (unpaired) electrons. The van der Waals surface area contributed by atoms with Crippen LogP contribution in [0.15, 0.2) is 0 Å². The van der Waals surface area contributed by atoms with Gasteiger partial charge in [-0.05, 0) is 6.42 Å². The summed E-state index contributed by atoms with van der Waals surface area (Å²) in [6.45, 7) is 3.03. The van der Waals surface area contributed by atoms with Gasteiger partial charge in [-0.1, -0.05) is 18.9 Å². The lowest BCUT2D eigenvalue weighted by molar-refractivity contribution is -0.141. The third kappa shape index (κ3) is 14.8. The van der Waals surface area contributed by atoms with Gasteiger partial charge in [-0.3, -0.25) is 9.52 Å². The number of hydrogen-bond donors (Lipinski definition) is 2. The minimum absolute atomic E-state index is 0. The standard InChI is InChI=1S/C7H16N2O2S.2ClH/c1-2-5-12-9-6-7(10)11-4-3-8;;/h9H,2-6,8H2,1H3;2*1H. The van der Waals surface area contributed by atoms with Crippen LogP contribution >= 0.6 is 36.8 Å². The van der Waals surface area contributed by atoms with E-state index in [9.17, 15) is 4.79 Å². The number of nitrogens with one attached hydrogen (secondary N) is 1. The molecule has 7 heteroatoms. The molecule has 0 fully saturated rings. The second-order valence-corrected chi connectivity index (χ2v) is 3.16. The Hall–Kier alpha value is 0.320. The maximum atomic E-state index is 10.8. The molecule has 14 heavy (non-hydrogen) atoms. The number of hydrogen-bond acceptors (Lipinski definition) is 5. The number of carbonyl (C=O) groups is 1. The average molecular weight is 265 g/mol. The summed E-state index contributed by atoms with van der Waals surface area (Å²) in [5, 5.41) is 0. The molecule has 0 saturated heterocycles. The molecule has 0 aromatic heterocycles. The first-order valence-electron chi connectivity index (χ1n) is 4.01. The van der Waals surface area contributed by atoms with E-state index in [0.717, 1.165) is 12.2 Å². The monoisotopic (exact) mass is 264 g/mol. The zero-order valence-corrected chi connectivity index (χ0v) is 10.6. The van der Waals surface area contributed by atoms with Gasteiger partial charge in [0.25, 0.3) is 0 Å². The first kappa shape index (κ1) is 19.8. The van der Waals surface area contributed by atoms with E-state index in [2.05, 4.69) is 11.6 Å². The smallest absolute Gasteiger partial charge is 0.320 e. The molecule has 0 aliphatic rings. The summed E-state index contributed by atoms with van der Waals surface area (Å²) < 4.78 is 7.63.